The Labute approximate surface area is 108 Å². The number of hydrogen-bond donors (Lipinski definition) is 1. The van der Waals surface area contributed by atoms with Crippen molar-refractivity contribution in [3.8, 4) is 0 Å². The molecule has 0 aliphatic heterocycles. The molecule has 0 unspecified atom stereocenters. The number of rotatable bonds is 8. The van der Waals surface area contributed by atoms with Crippen LogP contribution in [0.5, 0.6) is 0 Å². The lowest BCUT2D eigenvalue weighted by atomic mass is 9.79. The van der Waals surface area contributed by atoms with E-state index in [4.69, 9.17) is 0 Å². The molecule has 1 amide bonds. The van der Waals surface area contributed by atoms with Gasteiger partial charge >= 0.3 is 0 Å². The SMILES string of the molecule is CCC(C)(C)CCCC(C)(C)CCNC(C)=O. The number of amides is 1. The molecule has 0 radical (unpaired) electrons. The fraction of sp³-hybridized carbons (Fsp3) is 0.933. The van der Waals surface area contributed by atoms with E-state index in [1.807, 2.05) is 0 Å². The Morgan fingerprint density at radius 1 is 1.00 bits per heavy atom. The van der Waals surface area contributed by atoms with Crippen molar-refractivity contribution in [2.24, 2.45) is 10.8 Å². The predicted molar refractivity (Wildman–Crippen MR) is 75.0 cm³/mol. The third-order valence-corrected chi connectivity index (χ3v) is 3.84. The van der Waals surface area contributed by atoms with E-state index >= 15 is 0 Å². The van der Waals surface area contributed by atoms with Crippen LogP contribution in [0.1, 0.15) is 73.6 Å². The Morgan fingerprint density at radius 2 is 1.53 bits per heavy atom. The van der Waals surface area contributed by atoms with Gasteiger partial charge in [-0.1, -0.05) is 47.5 Å². The van der Waals surface area contributed by atoms with E-state index in [0.29, 0.717) is 10.8 Å². The third kappa shape index (κ3) is 9.20. The normalized spacial score (nSPS) is 12.6. The molecular formula is C15H31NO. The van der Waals surface area contributed by atoms with Crippen LogP contribution in [0.2, 0.25) is 0 Å². The van der Waals surface area contributed by atoms with Gasteiger partial charge in [-0.2, -0.15) is 0 Å². The fourth-order valence-corrected chi connectivity index (χ4v) is 1.92. The molecule has 0 bridgehead atoms. The van der Waals surface area contributed by atoms with E-state index in [1.54, 1.807) is 6.92 Å². The Morgan fingerprint density at radius 3 is 2.00 bits per heavy atom. The van der Waals surface area contributed by atoms with Crippen LogP contribution in [0.4, 0.5) is 0 Å². The number of nitrogens with one attached hydrogen (secondary N) is 1. The van der Waals surface area contributed by atoms with Crippen LogP contribution >= 0.6 is 0 Å². The first-order valence-electron chi connectivity index (χ1n) is 6.93. The molecule has 0 aromatic carbocycles. The molecule has 0 aliphatic rings. The van der Waals surface area contributed by atoms with Gasteiger partial charge in [-0.25, -0.2) is 0 Å². The van der Waals surface area contributed by atoms with Gasteiger partial charge in [0, 0.05) is 13.5 Å². The van der Waals surface area contributed by atoms with Crippen LogP contribution in [0.3, 0.4) is 0 Å². The first kappa shape index (κ1) is 16.5. The van der Waals surface area contributed by atoms with Gasteiger partial charge < -0.3 is 5.32 Å². The summed E-state index contributed by atoms with van der Waals surface area (Å²) in [6.45, 7) is 13.9. The maximum Gasteiger partial charge on any atom is 0.216 e. The van der Waals surface area contributed by atoms with E-state index in [2.05, 4.69) is 39.9 Å². The van der Waals surface area contributed by atoms with Crippen LogP contribution in [0.15, 0.2) is 0 Å². The summed E-state index contributed by atoms with van der Waals surface area (Å²) >= 11 is 0. The molecule has 0 spiro atoms. The highest BCUT2D eigenvalue weighted by atomic mass is 16.1. The van der Waals surface area contributed by atoms with Gasteiger partial charge in [-0.3, -0.25) is 4.79 Å². The predicted octanol–water partition coefficient (Wildman–Crippen LogP) is 4.15. The molecule has 0 saturated carbocycles. The van der Waals surface area contributed by atoms with Gasteiger partial charge in [0.2, 0.25) is 5.91 Å². The second-order valence-electron chi connectivity index (χ2n) is 6.77. The van der Waals surface area contributed by atoms with Crippen LogP contribution in [-0.2, 0) is 4.79 Å². The van der Waals surface area contributed by atoms with Gasteiger partial charge in [0.1, 0.15) is 0 Å². The smallest absolute Gasteiger partial charge is 0.216 e. The topological polar surface area (TPSA) is 29.1 Å². The molecule has 0 atom stereocenters. The summed E-state index contributed by atoms with van der Waals surface area (Å²) in [7, 11) is 0. The summed E-state index contributed by atoms with van der Waals surface area (Å²) < 4.78 is 0. The maximum absolute atomic E-state index is 10.8. The van der Waals surface area contributed by atoms with Crippen LogP contribution in [-0.4, -0.2) is 12.5 Å². The van der Waals surface area contributed by atoms with Crippen molar-refractivity contribution in [3.63, 3.8) is 0 Å². The summed E-state index contributed by atoms with van der Waals surface area (Å²) in [5.41, 5.74) is 0.819. The Bertz CT molecular complexity index is 231. The molecule has 0 aromatic rings. The van der Waals surface area contributed by atoms with Crippen molar-refractivity contribution < 1.29 is 4.79 Å². The maximum atomic E-state index is 10.8. The van der Waals surface area contributed by atoms with E-state index < -0.39 is 0 Å². The second kappa shape index (κ2) is 7.03. The largest absolute Gasteiger partial charge is 0.356 e. The van der Waals surface area contributed by atoms with Gasteiger partial charge in [-0.15, -0.1) is 0 Å². The van der Waals surface area contributed by atoms with E-state index in [0.717, 1.165) is 13.0 Å². The molecule has 17 heavy (non-hydrogen) atoms. The average molecular weight is 241 g/mol. The van der Waals surface area contributed by atoms with E-state index in [1.165, 1.54) is 25.7 Å². The number of carbonyl (C=O) groups excluding carboxylic acids is 1. The zero-order valence-corrected chi connectivity index (χ0v) is 12.7. The molecule has 0 aromatic heterocycles. The molecular weight excluding hydrogens is 210 g/mol. The molecule has 102 valence electrons. The molecule has 0 saturated heterocycles. The fourth-order valence-electron chi connectivity index (χ4n) is 1.92. The minimum Gasteiger partial charge on any atom is -0.356 e. The highest BCUT2D eigenvalue weighted by Gasteiger charge is 2.20. The van der Waals surface area contributed by atoms with Gasteiger partial charge in [-0.05, 0) is 30.1 Å². The minimum absolute atomic E-state index is 0.0768. The molecule has 1 N–H and O–H groups in total. The third-order valence-electron chi connectivity index (χ3n) is 3.84. The summed E-state index contributed by atoms with van der Waals surface area (Å²) in [5, 5.41) is 2.88. The first-order valence-corrected chi connectivity index (χ1v) is 6.93. The lowest BCUT2D eigenvalue weighted by molar-refractivity contribution is -0.119. The molecule has 2 nitrogen and oxygen atoms in total. The highest BCUT2D eigenvalue weighted by Crippen LogP contribution is 2.32. The molecule has 2 heteroatoms. The molecule has 0 heterocycles. The summed E-state index contributed by atoms with van der Waals surface area (Å²) in [5.74, 6) is 0.0768. The monoisotopic (exact) mass is 241 g/mol. The van der Waals surface area contributed by atoms with Crippen molar-refractivity contribution in [3.05, 3.63) is 0 Å². The van der Waals surface area contributed by atoms with Crippen molar-refractivity contribution in [2.75, 3.05) is 6.54 Å². The summed E-state index contributed by atoms with van der Waals surface area (Å²) in [4.78, 5) is 10.8. The summed E-state index contributed by atoms with van der Waals surface area (Å²) in [6, 6.07) is 0. The van der Waals surface area contributed by atoms with Crippen molar-refractivity contribution in [2.45, 2.75) is 73.6 Å². The number of hydrogen-bond acceptors (Lipinski definition) is 1. The van der Waals surface area contributed by atoms with Gasteiger partial charge in [0.25, 0.3) is 0 Å². The zero-order chi connectivity index (χ0) is 13.5. The first-order chi connectivity index (χ1) is 7.68. The van der Waals surface area contributed by atoms with Crippen LogP contribution in [0, 0.1) is 10.8 Å². The Balaban J connectivity index is 3.81. The van der Waals surface area contributed by atoms with Crippen LogP contribution in [0.25, 0.3) is 0 Å². The van der Waals surface area contributed by atoms with Crippen molar-refractivity contribution in [1.82, 2.24) is 5.32 Å². The summed E-state index contributed by atoms with van der Waals surface area (Å²) in [6.07, 6.45) is 6.15. The number of carbonyl (C=O) groups is 1. The Kier molecular flexibility index (Phi) is 6.81. The Hall–Kier alpha value is -0.530. The quantitative estimate of drug-likeness (QED) is 0.679. The molecule has 0 aliphatic carbocycles. The average Bonchev–Trinajstić information content (AvgIpc) is 2.16. The molecule has 0 fully saturated rings. The lowest BCUT2D eigenvalue weighted by Crippen LogP contribution is -2.26. The van der Waals surface area contributed by atoms with Gasteiger partial charge in [0.15, 0.2) is 0 Å². The second-order valence-corrected chi connectivity index (χ2v) is 6.77. The van der Waals surface area contributed by atoms with Gasteiger partial charge in [0.05, 0.1) is 0 Å². The van der Waals surface area contributed by atoms with Crippen molar-refractivity contribution in [1.29, 1.82) is 0 Å². The van der Waals surface area contributed by atoms with Crippen molar-refractivity contribution >= 4 is 5.91 Å². The van der Waals surface area contributed by atoms with E-state index in [-0.39, 0.29) is 5.91 Å². The zero-order valence-electron chi connectivity index (χ0n) is 12.7. The lowest BCUT2D eigenvalue weighted by Gasteiger charge is -2.28. The standard InChI is InChI=1S/C15H31NO/c1-7-14(3,4)9-8-10-15(5,6)11-12-16-13(2)17/h7-12H2,1-6H3,(H,16,17). The van der Waals surface area contributed by atoms with Crippen LogP contribution < -0.4 is 5.32 Å². The highest BCUT2D eigenvalue weighted by molar-refractivity contribution is 5.72. The molecule has 0 rings (SSSR count). The van der Waals surface area contributed by atoms with E-state index in [9.17, 15) is 4.79 Å². The minimum atomic E-state index is 0.0768.